The predicted octanol–water partition coefficient (Wildman–Crippen LogP) is 1.60. The smallest absolute Gasteiger partial charge is 0.313 e. The maximum absolute atomic E-state index is 11.9. The number of carboxylic acids is 1. The van der Waals surface area contributed by atoms with Crippen molar-refractivity contribution in [3.05, 3.63) is 0 Å². The molecule has 0 spiro atoms. The Balaban J connectivity index is 2.33. The second-order valence-corrected chi connectivity index (χ2v) is 4.99. The Morgan fingerprint density at radius 1 is 1.31 bits per heavy atom. The molecule has 1 amide bonds. The Morgan fingerprint density at radius 3 is 2.44 bits per heavy atom. The largest absolute Gasteiger partial charge is 0.481 e. The highest BCUT2D eigenvalue weighted by Crippen LogP contribution is 2.23. The van der Waals surface area contributed by atoms with Gasteiger partial charge in [-0.15, -0.1) is 11.8 Å². The molecule has 1 N–H and O–H groups in total. The van der Waals surface area contributed by atoms with Crippen LogP contribution in [0, 0.1) is 0 Å². The van der Waals surface area contributed by atoms with Crippen LogP contribution in [0.1, 0.15) is 32.6 Å². The van der Waals surface area contributed by atoms with E-state index in [1.165, 1.54) is 24.6 Å². The second-order valence-electron chi connectivity index (χ2n) is 4.00. The first kappa shape index (κ1) is 13.4. The van der Waals surface area contributed by atoms with Crippen molar-refractivity contribution in [3.8, 4) is 0 Å². The molecule has 1 fully saturated rings. The number of thioether (sulfide) groups is 1. The number of carboxylic acid groups (broad SMARTS) is 1. The molecule has 0 unspecified atom stereocenters. The Labute approximate surface area is 100 Å². The van der Waals surface area contributed by atoms with Crippen molar-refractivity contribution in [1.82, 2.24) is 4.90 Å². The summed E-state index contributed by atoms with van der Waals surface area (Å²) in [5.41, 5.74) is 0. The Morgan fingerprint density at radius 2 is 1.94 bits per heavy atom. The molecule has 0 aromatic rings. The summed E-state index contributed by atoms with van der Waals surface area (Å²) in [4.78, 5) is 24.1. The fourth-order valence-corrected chi connectivity index (χ4v) is 2.78. The number of rotatable bonds is 6. The van der Waals surface area contributed by atoms with Crippen LogP contribution in [0.25, 0.3) is 0 Å². The van der Waals surface area contributed by atoms with E-state index in [1.807, 2.05) is 11.8 Å². The SMILES string of the molecule is CCN(C(=O)CSCC(=O)O)C1CCCC1. The number of hydrogen-bond acceptors (Lipinski definition) is 3. The van der Waals surface area contributed by atoms with Crippen molar-refractivity contribution < 1.29 is 14.7 Å². The predicted molar refractivity (Wildman–Crippen MR) is 64.6 cm³/mol. The van der Waals surface area contributed by atoms with E-state index in [9.17, 15) is 9.59 Å². The van der Waals surface area contributed by atoms with E-state index in [0.717, 1.165) is 19.4 Å². The number of amides is 1. The van der Waals surface area contributed by atoms with Crippen molar-refractivity contribution >= 4 is 23.6 Å². The highest BCUT2D eigenvalue weighted by Gasteiger charge is 2.24. The normalized spacial score (nSPS) is 16.3. The van der Waals surface area contributed by atoms with Crippen LogP contribution in [0.3, 0.4) is 0 Å². The molecule has 0 atom stereocenters. The van der Waals surface area contributed by atoms with Gasteiger partial charge in [-0.05, 0) is 19.8 Å². The summed E-state index contributed by atoms with van der Waals surface area (Å²) in [6.45, 7) is 2.72. The minimum atomic E-state index is -0.860. The van der Waals surface area contributed by atoms with Gasteiger partial charge in [0, 0.05) is 12.6 Å². The van der Waals surface area contributed by atoms with Gasteiger partial charge in [-0.2, -0.15) is 0 Å². The zero-order valence-electron chi connectivity index (χ0n) is 9.65. The monoisotopic (exact) mass is 245 g/mol. The molecular formula is C11H19NO3S. The van der Waals surface area contributed by atoms with Crippen LogP contribution in [0.5, 0.6) is 0 Å². The molecule has 92 valence electrons. The van der Waals surface area contributed by atoms with E-state index in [2.05, 4.69) is 0 Å². The van der Waals surface area contributed by atoms with Crippen molar-refractivity contribution in [1.29, 1.82) is 0 Å². The average Bonchev–Trinajstić information content (AvgIpc) is 2.71. The van der Waals surface area contributed by atoms with Crippen LogP contribution >= 0.6 is 11.8 Å². The molecule has 0 saturated heterocycles. The molecule has 0 radical (unpaired) electrons. The van der Waals surface area contributed by atoms with E-state index in [4.69, 9.17) is 5.11 Å². The van der Waals surface area contributed by atoms with Crippen molar-refractivity contribution in [2.75, 3.05) is 18.1 Å². The summed E-state index contributed by atoms with van der Waals surface area (Å²) in [6, 6.07) is 0.392. The number of carbonyl (C=O) groups excluding carboxylic acids is 1. The molecule has 1 rings (SSSR count). The van der Waals surface area contributed by atoms with E-state index in [1.54, 1.807) is 0 Å². The van der Waals surface area contributed by atoms with Gasteiger partial charge in [0.25, 0.3) is 0 Å². The fraction of sp³-hybridized carbons (Fsp3) is 0.818. The van der Waals surface area contributed by atoms with Gasteiger partial charge in [-0.3, -0.25) is 9.59 Å². The average molecular weight is 245 g/mol. The van der Waals surface area contributed by atoms with E-state index < -0.39 is 5.97 Å². The molecular weight excluding hydrogens is 226 g/mol. The van der Waals surface area contributed by atoms with Crippen LogP contribution in [0.4, 0.5) is 0 Å². The molecule has 5 heteroatoms. The lowest BCUT2D eigenvalue weighted by molar-refractivity contribution is -0.133. The van der Waals surface area contributed by atoms with Gasteiger partial charge in [0.05, 0.1) is 11.5 Å². The maximum Gasteiger partial charge on any atom is 0.313 e. The molecule has 0 aromatic heterocycles. The first-order valence-corrected chi connectivity index (χ1v) is 6.89. The lowest BCUT2D eigenvalue weighted by atomic mass is 10.2. The van der Waals surface area contributed by atoms with Gasteiger partial charge in [0.15, 0.2) is 0 Å². The Hall–Kier alpha value is -0.710. The quantitative estimate of drug-likeness (QED) is 0.772. The third-order valence-corrected chi connectivity index (χ3v) is 3.78. The first-order chi connectivity index (χ1) is 7.65. The zero-order chi connectivity index (χ0) is 12.0. The fourth-order valence-electron chi connectivity index (χ4n) is 2.16. The highest BCUT2D eigenvalue weighted by atomic mass is 32.2. The van der Waals surface area contributed by atoms with Crippen molar-refractivity contribution in [3.63, 3.8) is 0 Å². The molecule has 1 saturated carbocycles. The third kappa shape index (κ3) is 4.04. The summed E-state index contributed by atoms with van der Waals surface area (Å²) in [6.07, 6.45) is 4.61. The zero-order valence-corrected chi connectivity index (χ0v) is 10.5. The number of hydrogen-bond donors (Lipinski definition) is 1. The van der Waals surface area contributed by atoms with Crippen LogP contribution in [-0.4, -0.2) is 46.0 Å². The molecule has 4 nitrogen and oxygen atoms in total. The van der Waals surface area contributed by atoms with Crippen LogP contribution in [0.15, 0.2) is 0 Å². The standard InChI is InChI=1S/C11H19NO3S/c1-2-12(9-5-3-4-6-9)10(13)7-16-8-11(14)15/h9H,2-8H2,1H3,(H,14,15). The molecule has 0 aromatic carbocycles. The minimum absolute atomic E-state index is 0.00790. The maximum atomic E-state index is 11.9. The number of aliphatic carboxylic acids is 1. The first-order valence-electron chi connectivity index (χ1n) is 5.74. The van der Waals surface area contributed by atoms with Crippen molar-refractivity contribution in [2.45, 2.75) is 38.6 Å². The van der Waals surface area contributed by atoms with Gasteiger partial charge >= 0.3 is 5.97 Å². The summed E-state index contributed by atoms with van der Waals surface area (Å²) >= 11 is 1.18. The van der Waals surface area contributed by atoms with Gasteiger partial charge in [-0.25, -0.2) is 0 Å². The molecule has 0 heterocycles. The molecule has 16 heavy (non-hydrogen) atoms. The number of nitrogens with zero attached hydrogens (tertiary/aromatic N) is 1. The van der Waals surface area contributed by atoms with E-state index in [-0.39, 0.29) is 17.4 Å². The van der Waals surface area contributed by atoms with Crippen LogP contribution in [-0.2, 0) is 9.59 Å². The third-order valence-electron chi connectivity index (χ3n) is 2.88. The lowest BCUT2D eigenvalue weighted by Gasteiger charge is -2.27. The molecule has 1 aliphatic rings. The Kier molecular flexibility index (Phi) is 5.66. The molecule has 1 aliphatic carbocycles. The second kappa shape index (κ2) is 6.78. The van der Waals surface area contributed by atoms with Crippen LogP contribution < -0.4 is 0 Å². The summed E-state index contributed by atoms with van der Waals surface area (Å²) in [5.74, 6) is -0.479. The van der Waals surface area contributed by atoms with Gasteiger partial charge in [0.1, 0.15) is 0 Å². The van der Waals surface area contributed by atoms with Gasteiger partial charge in [-0.1, -0.05) is 12.8 Å². The minimum Gasteiger partial charge on any atom is -0.481 e. The van der Waals surface area contributed by atoms with Crippen molar-refractivity contribution in [2.24, 2.45) is 0 Å². The Bertz CT molecular complexity index is 252. The highest BCUT2D eigenvalue weighted by molar-refractivity contribution is 8.00. The summed E-state index contributed by atoms with van der Waals surface area (Å²) < 4.78 is 0. The molecule has 0 bridgehead atoms. The van der Waals surface area contributed by atoms with Gasteiger partial charge < -0.3 is 10.0 Å². The lowest BCUT2D eigenvalue weighted by Crippen LogP contribution is -2.39. The molecule has 0 aliphatic heterocycles. The van der Waals surface area contributed by atoms with Gasteiger partial charge in [0.2, 0.25) is 5.91 Å². The van der Waals surface area contributed by atoms with Crippen LogP contribution in [0.2, 0.25) is 0 Å². The topological polar surface area (TPSA) is 57.6 Å². The summed E-state index contributed by atoms with van der Waals surface area (Å²) in [7, 11) is 0. The summed E-state index contributed by atoms with van der Waals surface area (Å²) in [5, 5.41) is 8.49. The van der Waals surface area contributed by atoms with E-state index in [0.29, 0.717) is 6.04 Å². The number of carbonyl (C=O) groups is 2. The van der Waals surface area contributed by atoms with E-state index >= 15 is 0 Å².